The molecular formula is C23H18N6O2. The molecule has 152 valence electrons. The van der Waals surface area contributed by atoms with Gasteiger partial charge in [0, 0.05) is 24.0 Å². The summed E-state index contributed by atoms with van der Waals surface area (Å²) in [6.45, 7) is 0. The Balaban J connectivity index is 1.51. The average molecular weight is 410 g/mol. The number of nitrogens with one attached hydrogen (secondary N) is 1. The molecule has 0 saturated heterocycles. The molecule has 8 nitrogen and oxygen atoms in total. The summed E-state index contributed by atoms with van der Waals surface area (Å²) in [6, 6.07) is 21.0. The minimum Gasteiger partial charge on any atom is -0.481 e. The van der Waals surface area contributed by atoms with Gasteiger partial charge < -0.3 is 14.8 Å². The predicted molar refractivity (Wildman–Crippen MR) is 117 cm³/mol. The van der Waals surface area contributed by atoms with Gasteiger partial charge in [0.2, 0.25) is 11.8 Å². The van der Waals surface area contributed by atoms with Crippen LogP contribution >= 0.6 is 0 Å². The Morgan fingerprint density at radius 2 is 1.74 bits per heavy atom. The van der Waals surface area contributed by atoms with E-state index < -0.39 is 0 Å². The van der Waals surface area contributed by atoms with E-state index in [2.05, 4.69) is 25.4 Å². The number of rotatable bonds is 6. The summed E-state index contributed by atoms with van der Waals surface area (Å²) in [5.41, 5.74) is 2.85. The Morgan fingerprint density at radius 3 is 2.55 bits per heavy atom. The fourth-order valence-electron chi connectivity index (χ4n) is 3.13. The van der Waals surface area contributed by atoms with Crippen LogP contribution < -0.4 is 14.8 Å². The number of ether oxygens (including phenoxy) is 2. The van der Waals surface area contributed by atoms with Crippen LogP contribution in [0.2, 0.25) is 0 Å². The lowest BCUT2D eigenvalue weighted by Crippen LogP contribution is -1.95. The molecule has 0 amide bonds. The zero-order valence-corrected chi connectivity index (χ0v) is 16.6. The number of benzene rings is 2. The second kappa shape index (κ2) is 8.11. The number of fused-ring (bicyclic) bond motifs is 1. The smallest absolute Gasteiger partial charge is 0.247 e. The number of aromatic nitrogens is 5. The van der Waals surface area contributed by atoms with Crippen molar-refractivity contribution in [1.29, 1.82) is 0 Å². The van der Waals surface area contributed by atoms with Crippen LogP contribution in [0.25, 0.3) is 16.9 Å². The molecule has 0 atom stereocenters. The molecule has 5 rings (SSSR count). The third-order valence-electron chi connectivity index (χ3n) is 4.57. The molecule has 0 aliphatic carbocycles. The molecule has 0 aliphatic rings. The lowest BCUT2D eigenvalue weighted by atomic mass is 10.1. The van der Waals surface area contributed by atoms with Gasteiger partial charge in [-0.05, 0) is 30.3 Å². The lowest BCUT2D eigenvalue weighted by molar-refractivity contribution is 0.398. The highest BCUT2D eigenvalue weighted by Gasteiger charge is 2.15. The van der Waals surface area contributed by atoms with Crippen LogP contribution in [0.4, 0.5) is 11.6 Å². The Hall–Kier alpha value is -4.46. The number of hydrogen-bond donors (Lipinski definition) is 1. The molecule has 0 bridgehead atoms. The number of nitrogens with zero attached hydrogens (tertiary/aromatic N) is 5. The zero-order valence-electron chi connectivity index (χ0n) is 16.6. The van der Waals surface area contributed by atoms with Gasteiger partial charge in [0.05, 0.1) is 19.0 Å². The largest absolute Gasteiger partial charge is 0.481 e. The summed E-state index contributed by atoms with van der Waals surface area (Å²) in [7, 11) is 1.58. The van der Waals surface area contributed by atoms with Crippen molar-refractivity contribution >= 4 is 17.3 Å². The van der Waals surface area contributed by atoms with Crippen LogP contribution in [0.3, 0.4) is 0 Å². The van der Waals surface area contributed by atoms with Crippen LogP contribution in [-0.4, -0.2) is 31.7 Å². The molecule has 0 fully saturated rings. The Morgan fingerprint density at radius 1 is 0.903 bits per heavy atom. The first kappa shape index (κ1) is 18.6. The van der Waals surface area contributed by atoms with Crippen molar-refractivity contribution in [3.63, 3.8) is 0 Å². The Labute approximate surface area is 178 Å². The first-order chi connectivity index (χ1) is 15.3. The molecule has 31 heavy (non-hydrogen) atoms. The fraction of sp³-hybridized carbons (Fsp3) is 0.0435. The molecule has 5 aromatic rings. The van der Waals surface area contributed by atoms with Gasteiger partial charge >= 0.3 is 0 Å². The molecule has 3 heterocycles. The standard InChI is InChI=1S/C23H18N6O2/c1-30-20-12-11-16(15-25-20)26-23-27-22-21(24-13-14-29(22)28-23)18-9-5-6-10-19(18)31-17-7-3-2-4-8-17/h2-15H,1H3,(H,26,28). The van der Waals surface area contributed by atoms with E-state index in [1.807, 2.05) is 60.7 Å². The fourth-order valence-corrected chi connectivity index (χ4v) is 3.13. The van der Waals surface area contributed by atoms with Crippen LogP contribution in [0.5, 0.6) is 17.4 Å². The van der Waals surface area contributed by atoms with E-state index in [9.17, 15) is 0 Å². The van der Waals surface area contributed by atoms with Crippen LogP contribution in [0.15, 0.2) is 85.3 Å². The normalized spacial score (nSPS) is 10.7. The first-order valence-corrected chi connectivity index (χ1v) is 9.61. The second-order valence-electron chi connectivity index (χ2n) is 6.60. The van der Waals surface area contributed by atoms with Gasteiger partial charge in [-0.1, -0.05) is 30.3 Å². The monoisotopic (exact) mass is 410 g/mol. The third-order valence-corrected chi connectivity index (χ3v) is 4.57. The number of pyridine rings is 1. The molecule has 3 aromatic heterocycles. The second-order valence-corrected chi connectivity index (χ2v) is 6.60. The maximum atomic E-state index is 6.10. The van der Waals surface area contributed by atoms with Gasteiger partial charge in [0.1, 0.15) is 17.2 Å². The van der Waals surface area contributed by atoms with Crippen LogP contribution in [0.1, 0.15) is 0 Å². The van der Waals surface area contributed by atoms with E-state index in [1.54, 1.807) is 36.3 Å². The molecule has 0 spiro atoms. The van der Waals surface area contributed by atoms with Gasteiger partial charge in [-0.3, -0.25) is 4.98 Å². The SMILES string of the molecule is COc1ccc(Nc2nc3c(-c4ccccc4Oc4ccccc4)nccn3n2)cn1. The quantitative estimate of drug-likeness (QED) is 0.433. The Bertz CT molecular complexity index is 1320. The molecular weight excluding hydrogens is 392 g/mol. The van der Waals surface area contributed by atoms with Gasteiger partial charge in [-0.2, -0.15) is 4.98 Å². The molecule has 2 aromatic carbocycles. The van der Waals surface area contributed by atoms with E-state index in [1.165, 1.54) is 0 Å². The van der Waals surface area contributed by atoms with Crippen LogP contribution in [0, 0.1) is 0 Å². The summed E-state index contributed by atoms with van der Waals surface area (Å²) in [6.07, 6.45) is 5.10. The molecule has 0 radical (unpaired) electrons. The predicted octanol–water partition coefficient (Wildman–Crippen LogP) is 4.73. The Kier molecular flexibility index (Phi) is 4.86. The first-order valence-electron chi connectivity index (χ1n) is 9.61. The number of anilines is 2. The zero-order chi connectivity index (χ0) is 21.0. The molecule has 0 unspecified atom stereocenters. The summed E-state index contributed by atoms with van der Waals surface area (Å²) >= 11 is 0. The summed E-state index contributed by atoms with van der Waals surface area (Å²) in [5, 5.41) is 7.66. The molecule has 0 saturated carbocycles. The highest BCUT2D eigenvalue weighted by Crippen LogP contribution is 2.34. The van der Waals surface area contributed by atoms with Crippen molar-refractivity contribution in [2.45, 2.75) is 0 Å². The highest BCUT2D eigenvalue weighted by molar-refractivity contribution is 5.79. The van der Waals surface area contributed by atoms with E-state index in [4.69, 9.17) is 9.47 Å². The van der Waals surface area contributed by atoms with Gasteiger partial charge in [0.15, 0.2) is 5.65 Å². The number of methoxy groups -OCH3 is 1. The highest BCUT2D eigenvalue weighted by atomic mass is 16.5. The minimum atomic E-state index is 0.433. The van der Waals surface area contributed by atoms with Gasteiger partial charge in [-0.15, -0.1) is 5.10 Å². The van der Waals surface area contributed by atoms with Gasteiger partial charge in [0.25, 0.3) is 0 Å². The van der Waals surface area contributed by atoms with E-state index in [0.29, 0.717) is 28.9 Å². The van der Waals surface area contributed by atoms with Crippen molar-refractivity contribution in [3.05, 3.63) is 85.3 Å². The van der Waals surface area contributed by atoms with E-state index in [0.717, 1.165) is 17.0 Å². The topological polar surface area (TPSA) is 86.5 Å². The maximum Gasteiger partial charge on any atom is 0.247 e. The number of para-hydroxylation sites is 2. The van der Waals surface area contributed by atoms with Crippen molar-refractivity contribution in [1.82, 2.24) is 24.6 Å². The van der Waals surface area contributed by atoms with Gasteiger partial charge in [-0.25, -0.2) is 9.50 Å². The van der Waals surface area contributed by atoms with Crippen molar-refractivity contribution in [3.8, 4) is 28.6 Å². The van der Waals surface area contributed by atoms with Crippen molar-refractivity contribution in [2.75, 3.05) is 12.4 Å². The minimum absolute atomic E-state index is 0.433. The van der Waals surface area contributed by atoms with E-state index >= 15 is 0 Å². The third kappa shape index (κ3) is 3.86. The van der Waals surface area contributed by atoms with E-state index in [-0.39, 0.29) is 0 Å². The summed E-state index contributed by atoms with van der Waals surface area (Å²) in [5.74, 6) is 2.40. The van der Waals surface area contributed by atoms with Crippen molar-refractivity contribution < 1.29 is 9.47 Å². The number of hydrogen-bond acceptors (Lipinski definition) is 7. The molecule has 0 aliphatic heterocycles. The van der Waals surface area contributed by atoms with Crippen LogP contribution in [-0.2, 0) is 0 Å². The molecule has 1 N–H and O–H groups in total. The maximum absolute atomic E-state index is 6.10. The average Bonchev–Trinajstić information content (AvgIpc) is 3.23. The lowest BCUT2D eigenvalue weighted by Gasteiger charge is -2.10. The molecule has 8 heteroatoms. The van der Waals surface area contributed by atoms with Crippen molar-refractivity contribution in [2.24, 2.45) is 0 Å². The summed E-state index contributed by atoms with van der Waals surface area (Å²) < 4.78 is 12.9. The summed E-state index contributed by atoms with van der Waals surface area (Å²) in [4.78, 5) is 13.4.